The molecule has 1 unspecified atom stereocenters. The van der Waals surface area contributed by atoms with Gasteiger partial charge in [0.15, 0.2) is 5.78 Å². The smallest absolute Gasteiger partial charge is 0.161 e. The maximum absolute atomic E-state index is 13.0. The van der Waals surface area contributed by atoms with Crippen molar-refractivity contribution in [1.82, 2.24) is 4.98 Å². The number of ketones is 1. The number of carbonyl (C=O) groups is 1. The van der Waals surface area contributed by atoms with E-state index in [0.29, 0.717) is 6.42 Å². The van der Waals surface area contributed by atoms with Crippen LogP contribution in [-0.4, -0.2) is 17.9 Å². The van der Waals surface area contributed by atoms with Crippen molar-refractivity contribution in [2.75, 3.05) is 12.4 Å². The Hall–Kier alpha value is -3.14. The topological polar surface area (TPSA) is 51.2 Å². The van der Waals surface area contributed by atoms with E-state index in [2.05, 4.69) is 34.6 Å². The summed E-state index contributed by atoms with van der Waals surface area (Å²) in [7, 11) is 1.69. The number of aromatic nitrogens is 1. The van der Waals surface area contributed by atoms with E-state index in [1.54, 1.807) is 7.11 Å². The van der Waals surface area contributed by atoms with Gasteiger partial charge in [0.2, 0.25) is 0 Å². The Bertz CT molecular complexity index is 1150. The Morgan fingerprint density at radius 2 is 1.89 bits per heavy atom. The molecule has 0 radical (unpaired) electrons. The fourth-order valence-corrected chi connectivity index (χ4v) is 4.57. The highest BCUT2D eigenvalue weighted by Gasteiger charge is 2.36. The molecule has 4 nitrogen and oxygen atoms in total. The van der Waals surface area contributed by atoms with Gasteiger partial charge in [-0.3, -0.25) is 9.78 Å². The number of allylic oxidation sites excluding steroid dienone is 2. The fraction of sp³-hybridized carbons (Fsp3) is 0.250. The van der Waals surface area contributed by atoms with Gasteiger partial charge in [0.1, 0.15) is 5.75 Å². The van der Waals surface area contributed by atoms with Crippen LogP contribution in [0.3, 0.4) is 0 Å². The molecule has 1 aliphatic carbocycles. The number of nitrogens with one attached hydrogen (secondary N) is 1. The minimum absolute atomic E-state index is 0.124. The van der Waals surface area contributed by atoms with Crippen LogP contribution in [0.1, 0.15) is 42.0 Å². The molecule has 0 spiro atoms. The van der Waals surface area contributed by atoms with E-state index in [-0.39, 0.29) is 11.7 Å². The first-order valence-corrected chi connectivity index (χ1v) is 9.74. The Kier molecular flexibility index (Phi) is 3.93. The fourth-order valence-electron chi connectivity index (χ4n) is 4.57. The Morgan fingerprint density at radius 3 is 2.75 bits per heavy atom. The molecule has 0 amide bonds. The van der Waals surface area contributed by atoms with E-state index in [4.69, 9.17) is 4.74 Å². The number of methoxy groups -OCH3 is 1. The number of ether oxygens (including phenoxy) is 1. The molecule has 0 fully saturated rings. The summed E-state index contributed by atoms with van der Waals surface area (Å²) in [5, 5.41) is 4.70. The number of hydrogen-bond acceptors (Lipinski definition) is 4. The van der Waals surface area contributed by atoms with E-state index >= 15 is 0 Å². The summed E-state index contributed by atoms with van der Waals surface area (Å²) in [5.74, 6) is 0.922. The van der Waals surface area contributed by atoms with Crippen molar-refractivity contribution in [2.24, 2.45) is 0 Å². The Balaban J connectivity index is 1.82. The maximum Gasteiger partial charge on any atom is 0.161 e. The summed E-state index contributed by atoms with van der Waals surface area (Å²) >= 11 is 0. The molecule has 0 saturated carbocycles. The summed E-state index contributed by atoms with van der Waals surface area (Å²) < 4.78 is 5.67. The summed E-state index contributed by atoms with van der Waals surface area (Å²) in [6.07, 6.45) is 2.39. The number of hydrogen-bond donors (Lipinski definition) is 1. The van der Waals surface area contributed by atoms with Crippen molar-refractivity contribution in [3.63, 3.8) is 0 Å². The average Bonchev–Trinajstić information content (AvgIpc) is 2.72. The highest BCUT2D eigenvalue weighted by molar-refractivity contribution is 6.04. The largest absolute Gasteiger partial charge is 0.496 e. The van der Waals surface area contributed by atoms with Gasteiger partial charge < -0.3 is 10.1 Å². The highest BCUT2D eigenvalue weighted by atomic mass is 16.5. The highest BCUT2D eigenvalue weighted by Crippen LogP contribution is 2.49. The molecule has 1 aliphatic heterocycles. The molecule has 3 aromatic rings. The van der Waals surface area contributed by atoms with Gasteiger partial charge in [0, 0.05) is 40.3 Å². The van der Waals surface area contributed by atoms with Gasteiger partial charge >= 0.3 is 0 Å². The minimum Gasteiger partial charge on any atom is -0.496 e. The second-order valence-electron chi connectivity index (χ2n) is 7.52. The zero-order chi connectivity index (χ0) is 19.3. The van der Waals surface area contributed by atoms with Crippen molar-refractivity contribution >= 4 is 22.4 Å². The standard InChI is InChI=1S/C24H22N2O2/c1-14-10-11-15-18(25-14)13-12-17-22(16-6-3-4-9-21(16)28-2)23-19(26-24(15)17)7-5-8-20(23)27/h3-4,6,9-13,22,26H,5,7-8H2,1-2H3. The van der Waals surface area contributed by atoms with E-state index in [1.165, 1.54) is 0 Å². The quantitative estimate of drug-likeness (QED) is 0.680. The molecule has 5 rings (SSSR count). The Labute approximate surface area is 164 Å². The van der Waals surface area contributed by atoms with Crippen LogP contribution < -0.4 is 10.1 Å². The van der Waals surface area contributed by atoms with Crippen LogP contribution in [0.2, 0.25) is 0 Å². The molecule has 1 N–H and O–H groups in total. The molecule has 1 aromatic heterocycles. The zero-order valence-corrected chi connectivity index (χ0v) is 16.1. The predicted octanol–water partition coefficient (Wildman–Crippen LogP) is 5.12. The minimum atomic E-state index is -0.124. The molecule has 28 heavy (non-hydrogen) atoms. The molecule has 2 aromatic carbocycles. The monoisotopic (exact) mass is 370 g/mol. The zero-order valence-electron chi connectivity index (χ0n) is 16.1. The molecule has 4 heteroatoms. The summed E-state index contributed by atoms with van der Waals surface area (Å²) in [6.45, 7) is 2.00. The first-order chi connectivity index (χ1) is 13.7. The molecule has 1 atom stereocenters. The van der Waals surface area contributed by atoms with E-state index in [9.17, 15) is 4.79 Å². The molecule has 2 aliphatic rings. The second kappa shape index (κ2) is 6.48. The van der Waals surface area contributed by atoms with Crippen LogP contribution in [0.5, 0.6) is 5.75 Å². The molecular formula is C24H22N2O2. The number of anilines is 1. The lowest BCUT2D eigenvalue weighted by molar-refractivity contribution is -0.116. The lowest BCUT2D eigenvalue weighted by Gasteiger charge is -2.35. The van der Waals surface area contributed by atoms with Crippen molar-refractivity contribution in [3.05, 3.63) is 76.6 Å². The van der Waals surface area contributed by atoms with Crippen molar-refractivity contribution in [1.29, 1.82) is 0 Å². The Morgan fingerprint density at radius 1 is 1.04 bits per heavy atom. The number of aryl methyl sites for hydroxylation is 1. The lowest BCUT2D eigenvalue weighted by atomic mass is 9.75. The number of pyridine rings is 1. The van der Waals surface area contributed by atoms with Crippen molar-refractivity contribution < 1.29 is 9.53 Å². The molecular weight excluding hydrogens is 348 g/mol. The van der Waals surface area contributed by atoms with Gasteiger partial charge in [0.25, 0.3) is 0 Å². The second-order valence-corrected chi connectivity index (χ2v) is 7.52. The lowest BCUT2D eigenvalue weighted by Crippen LogP contribution is -2.27. The number of benzene rings is 2. The van der Waals surface area contributed by atoms with Crippen LogP contribution in [0, 0.1) is 6.92 Å². The van der Waals surface area contributed by atoms with Gasteiger partial charge in [-0.1, -0.05) is 24.3 Å². The molecule has 2 heterocycles. The molecule has 140 valence electrons. The summed E-state index contributed by atoms with van der Waals surface area (Å²) in [5.41, 5.74) is 7.12. The third kappa shape index (κ3) is 2.52. The number of carbonyl (C=O) groups excluding carboxylic acids is 1. The van der Waals surface area contributed by atoms with Crippen LogP contribution in [-0.2, 0) is 4.79 Å². The van der Waals surface area contributed by atoms with Gasteiger partial charge in [-0.05, 0) is 49.6 Å². The van der Waals surface area contributed by atoms with Gasteiger partial charge in [-0.15, -0.1) is 0 Å². The van der Waals surface area contributed by atoms with Crippen LogP contribution in [0.25, 0.3) is 10.9 Å². The first-order valence-electron chi connectivity index (χ1n) is 9.74. The first kappa shape index (κ1) is 17.0. The van der Waals surface area contributed by atoms with Crippen LogP contribution in [0.4, 0.5) is 5.69 Å². The van der Waals surface area contributed by atoms with Crippen LogP contribution in [0.15, 0.2) is 59.8 Å². The van der Waals surface area contributed by atoms with Crippen molar-refractivity contribution in [2.45, 2.75) is 32.1 Å². The van der Waals surface area contributed by atoms with Gasteiger partial charge in [0.05, 0.1) is 18.3 Å². The normalized spacial score (nSPS) is 18.5. The third-order valence-corrected chi connectivity index (χ3v) is 5.82. The number of Topliss-reactive ketones (excluding diaryl/α,β-unsaturated/α-hetero) is 1. The average molecular weight is 370 g/mol. The third-order valence-electron chi connectivity index (χ3n) is 5.82. The van der Waals surface area contributed by atoms with Gasteiger partial charge in [-0.2, -0.15) is 0 Å². The summed E-state index contributed by atoms with van der Waals surface area (Å²) in [6, 6.07) is 16.4. The number of fused-ring (bicyclic) bond motifs is 3. The number of para-hydroxylation sites is 1. The van der Waals surface area contributed by atoms with E-state index in [1.807, 2.05) is 31.2 Å². The summed E-state index contributed by atoms with van der Waals surface area (Å²) in [4.78, 5) is 17.7. The molecule has 0 bridgehead atoms. The van der Waals surface area contributed by atoms with E-state index < -0.39 is 0 Å². The van der Waals surface area contributed by atoms with E-state index in [0.717, 1.165) is 63.3 Å². The van der Waals surface area contributed by atoms with Crippen LogP contribution >= 0.6 is 0 Å². The molecule has 0 saturated heterocycles. The SMILES string of the molecule is COc1ccccc1C1C2=C(CCCC2=O)Nc2c1ccc1nc(C)ccc21. The van der Waals surface area contributed by atoms with Crippen molar-refractivity contribution in [3.8, 4) is 5.75 Å². The maximum atomic E-state index is 13.0. The number of rotatable bonds is 2. The van der Waals surface area contributed by atoms with Gasteiger partial charge in [-0.25, -0.2) is 0 Å². The number of nitrogens with zero attached hydrogens (tertiary/aromatic N) is 1. The predicted molar refractivity (Wildman–Crippen MR) is 111 cm³/mol.